The summed E-state index contributed by atoms with van der Waals surface area (Å²) in [5.74, 6) is 1.00. The molecule has 0 radical (unpaired) electrons. The van der Waals surface area contributed by atoms with Crippen molar-refractivity contribution >= 4 is 11.7 Å². The smallest absolute Gasteiger partial charge is 0.223 e. The number of nitrogens with zero attached hydrogens (tertiary/aromatic N) is 5. The summed E-state index contributed by atoms with van der Waals surface area (Å²) in [6, 6.07) is 3.95. The van der Waals surface area contributed by atoms with E-state index in [2.05, 4.69) is 15.0 Å². The highest BCUT2D eigenvalue weighted by Gasteiger charge is 2.31. The minimum atomic E-state index is 0.0406. The van der Waals surface area contributed by atoms with Crippen LogP contribution in [0.2, 0.25) is 0 Å². The second-order valence-electron chi connectivity index (χ2n) is 6.30. The molecule has 0 aromatic carbocycles. The standard InChI is InChI=1S/C18H23N5O/c1-22(2)17-13-20-12-15(21-17)16-6-4-10-23(16)18(24)8-7-14-5-3-9-19-11-14/h3,5,9,11-13,16H,4,6-8,10H2,1-2H3/t16-/m0/s1. The van der Waals surface area contributed by atoms with Crippen LogP contribution in [0.5, 0.6) is 0 Å². The number of aryl methyl sites for hydroxylation is 1. The first kappa shape index (κ1) is 16.4. The molecule has 6 nitrogen and oxygen atoms in total. The zero-order valence-electron chi connectivity index (χ0n) is 14.2. The molecule has 2 aromatic rings. The number of likely N-dealkylation sites (tertiary alicyclic amines) is 1. The second-order valence-corrected chi connectivity index (χ2v) is 6.30. The number of aromatic nitrogens is 3. The molecule has 0 N–H and O–H groups in total. The van der Waals surface area contributed by atoms with Gasteiger partial charge in [-0.2, -0.15) is 0 Å². The lowest BCUT2D eigenvalue weighted by Crippen LogP contribution is -2.31. The molecular weight excluding hydrogens is 302 g/mol. The molecule has 126 valence electrons. The molecule has 1 amide bonds. The first-order valence-electron chi connectivity index (χ1n) is 8.33. The van der Waals surface area contributed by atoms with E-state index in [1.165, 1.54) is 0 Å². The lowest BCUT2D eigenvalue weighted by molar-refractivity contribution is -0.132. The van der Waals surface area contributed by atoms with Gasteiger partial charge in [0.1, 0.15) is 5.82 Å². The van der Waals surface area contributed by atoms with E-state index < -0.39 is 0 Å². The van der Waals surface area contributed by atoms with Gasteiger partial charge in [-0.05, 0) is 30.9 Å². The highest BCUT2D eigenvalue weighted by molar-refractivity contribution is 5.77. The Labute approximate surface area is 142 Å². The monoisotopic (exact) mass is 325 g/mol. The number of carbonyl (C=O) groups excluding carboxylic acids is 1. The Kier molecular flexibility index (Phi) is 5.03. The van der Waals surface area contributed by atoms with Crippen LogP contribution in [0, 0.1) is 0 Å². The van der Waals surface area contributed by atoms with Crippen LogP contribution in [0.4, 0.5) is 5.82 Å². The zero-order valence-corrected chi connectivity index (χ0v) is 14.2. The molecule has 3 rings (SSSR count). The SMILES string of the molecule is CN(C)c1cncc([C@@H]2CCCN2C(=O)CCc2cccnc2)n1. The van der Waals surface area contributed by atoms with E-state index in [-0.39, 0.29) is 11.9 Å². The molecule has 0 bridgehead atoms. The first-order chi connectivity index (χ1) is 11.6. The number of hydrogen-bond donors (Lipinski definition) is 0. The van der Waals surface area contributed by atoms with Gasteiger partial charge in [0.15, 0.2) is 0 Å². The summed E-state index contributed by atoms with van der Waals surface area (Å²) in [7, 11) is 3.89. The lowest BCUT2D eigenvalue weighted by atomic mass is 10.1. The van der Waals surface area contributed by atoms with Crippen LogP contribution in [0.3, 0.4) is 0 Å². The maximum absolute atomic E-state index is 12.7. The van der Waals surface area contributed by atoms with Crippen molar-refractivity contribution in [3.8, 4) is 0 Å². The molecule has 24 heavy (non-hydrogen) atoms. The van der Waals surface area contributed by atoms with Gasteiger partial charge in [0.2, 0.25) is 5.91 Å². The van der Waals surface area contributed by atoms with Gasteiger partial charge < -0.3 is 9.80 Å². The molecule has 3 heterocycles. The van der Waals surface area contributed by atoms with Crippen LogP contribution in [0.15, 0.2) is 36.9 Å². The van der Waals surface area contributed by atoms with E-state index in [9.17, 15) is 4.79 Å². The fourth-order valence-electron chi connectivity index (χ4n) is 3.06. The van der Waals surface area contributed by atoms with Crippen molar-refractivity contribution in [1.29, 1.82) is 0 Å². The predicted octanol–water partition coefficient (Wildman–Crippen LogP) is 2.23. The Morgan fingerprint density at radius 3 is 2.92 bits per heavy atom. The van der Waals surface area contributed by atoms with Crippen molar-refractivity contribution in [3.05, 3.63) is 48.2 Å². The van der Waals surface area contributed by atoms with E-state index in [4.69, 9.17) is 0 Å². The molecule has 1 aliphatic rings. The third-order valence-corrected chi connectivity index (χ3v) is 4.36. The Bertz CT molecular complexity index is 689. The predicted molar refractivity (Wildman–Crippen MR) is 92.6 cm³/mol. The minimum absolute atomic E-state index is 0.0406. The van der Waals surface area contributed by atoms with Gasteiger partial charge in [-0.3, -0.25) is 14.8 Å². The fraction of sp³-hybridized carbons (Fsp3) is 0.444. The Morgan fingerprint density at radius 1 is 1.29 bits per heavy atom. The number of anilines is 1. The van der Waals surface area contributed by atoms with Gasteiger partial charge in [0.05, 0.1) is 24.1 Å². The molecule has 0 aliphatic carbocycles. The highest BCUT2D eigenvalue weighted by atomic mass is 16.2. The van der Waals surface area contributed by atoms with E-state index in [1.807, 2.05) is 42.2 Å². The van der Waals surface area contributed by atoms with Gasteiger partial charge in [-0.25, -0.2) is 4.98 Å². The molecule has 1 atom stereocenters. The van der Waals surface area contributed by atoms with Gasteiger partial charge in [0, 0.05) is 39.5 Å². The fourth-order valence-corrected chi connectivity index (χ4v) is 3.06. The third kappa shape index (κ3) is 3.69. The van der Waals surface area contributed by atoms with Crippen molar-refractivity contribution in [2.75, 3.05) is 25.5 Å². The van der Waals surface area contributed by atoms with E-state index in [1.54, 1.807) is 18.6 Å². The average molecular weight is 325 g/mol. The molecule has 6 heteroatoms. The number of rotatable bonds is 5. The van der Waals surface area contributed by atoms with Gasteiger partial charge in [-0.1, -0.05) is 6.07 Å². The average Bonchev–Trinajstić information content (AvgIpc) is 3.10. The van der Waals surface area contributed by atoms with Crippen LogP contribution < -0.4 is 4.90 Å². The van der Waals surface area contributed by atoms with Crippen LogP contribution in [0.1, 0.15) is 36.6 Å². The molecule has 0 saturated carbocycles. The maximum Gasteiger partial charge on any atom is 0.223 e. The number of hydrogen-bond acceptors (Lipinski definition) is 5. The molecule has 2 aromatic heterocycles. The largest absolute Gasteiger partial charge is 0.361 e. The normalized spacial score (nSPS) is 17.1. The summed E-state index contributed by atoms with van der Waals surface area (Å²) in [6.07, 6.45) is 10.3. The number of pyridine rings is 1. The van der Waals surface area contributed by atoms with Gasteiger partial charge >= 0.3 is 0 Å². The van der Waals surface area contributed by atoms with Crippen molar-refractivity contribution in [2.24, 2.45) is 0 Å². The first-order valence-corrected chi connectivity index (χ1v) is 8.33. The molecule has 0 unspecified atom stereocenters. The van der Waals surface area contributed by atoms with Gasteiger partial charge in [0.25, 0.3) is 0 Å². The van der Waals surface area contributed by atoms with Crippen LogP contribution in [0.25, 0.3) is 0 Å². The highest BCUT2D eigenvalue weighted by Crippen LogP contribution is 2.31. The summed E-state index contributed by atoms with van der Waals surface area (Å²) in [5, 5.41) is 0. The Hall–Kier alpha value is -2.50. The van der Waals surface area contributed by atoms with Crippen molar-refractivity contribution < 1.29 is 4.79 Å². The minimum Gasteiger partial charge on any atom is -0.361 e. The Balaban J connectivity index is 1.68. The van der Waals surface area contributed by atoms with Crippen LogP contribution >= 0.6 is 0 Å². The van der Waals surface area contributed by atoms with Crippen molar-refractivity contribution in [3.63, 3.8) is 0 Å². The molecule has 1 aliphatic heterocycles. The summed E-state index contributed by atoms with van der Waals surface area (Å²) in [5.41, 5.74) is 1.98. The lowest BCUT2D eigenvalue weighted by Gasteiger charge is -2.25. The maximum atomic E-state index is 12.7. The summed E-state index contributed by atoms with van der Waals surface area (Å²) in [6.45, 7) is 0.796. The molecule has 1 saturated heterocycles. The Morgan fingerprint density at radius 2 is 2.17 bits per heavy atom. The number of amides is 1. The summed E-state index contributed by atoms with van der Waals surface area (Å²) in [4.78, 5) is 29.6. The van der Waals surface area contributed by atoms with Crippen LogP contribution in [-0.4, -0.2) is 46.4 Å². The third-order valence-electron chi connectivity index (χ3n) is 4.36. The number of carbonyl (C=O) groups is 1. The molecule has 0 spiro atoms. The van der Waals surface area contributed by atoms with Crippen LogP contribution in [-0.2, 0) is 11.2 Å². The van der Waals surface area contributed by atoms with Crippen molar-refractivity contribution in [2.45, 2.75) is 31.7 Å². The molecular formula is C18H23N5O. The van der Waals surface area contributed by atoms with E-state index in [0.717, 1.165) is 42.9 Å². The summed E-state index contributed by atoms with van der Waals surface area (Å²) < 4.78 is 0. The van der Waals surface area contributed by atoms with E-state index in [0.29, 0.717) is 6.42 Å². The summed E-state index contributed by atoms with van der Waals surface area (Å²) >= 11 is 0. The van der Waals surface area contributed by atoms with E-state index >= 15 is 0 Å². The van der Waals surface area contributed by atoms with Crippen molar-refractivity contribution in [1.82, 2.24) is 19.9 Å². The molecule has 1 fully saturated rings. The van der Waals surface area contributed by atoms with Gasteiger partial charge in [-0.15, -0.1) is 0 Å². The second kappa shape index (κ2) is 7.38. The zero-order chi connectivity index (χ0) is 16.9. The quantitative estimate of drug-likeness (QED) is 0.843. The topological polar surface area (TPSA) is 62.2 Å².